The molecule has 1 spiro atoms. The first-order valence-corrected chi connectivity index (χ1v) is 7.72. The van der Waals surface area contributed by atoms with E-state index in [1.165, 1.54) is 0 Å². The van der Waals surface area contributed by atoms with Gasteiger partial charge in [-0.3, -0.25) is 9.59 Å². The monoisotopic (exact) mass is 280 g/mol. The maximum absolute atomic E-state index is 12.1. The summed E-state index contributed by atoms with van der Waals surface area (Å²) in [4.78, 5) is 27.7. The molecular formula is C15H24N2O3. The first kappa shape index (κ1) is 13.9. The second-order valence-electron chi connectivity index (χ2n) is 6.59. The summed E-state index contributed by atoms with van der Waals surface area (Å²) in [6, 6.07) is 0. The second kappa shape index (κ2) is 5.35. The van der Waals surface area contributed by atoms with Crippen LogP contribution in [0.25, 0.3) is 0 Å². The van der Waals surface area contributed by atoms with Gasteiger partial charge < -0.3 is 14.5 Å². The van der Waals surface area contributed by atoms with Gasteiger partial charge in [-0.05, 0) is 25.7 Å². The van der Waals surface area contributed by atoms with Crippen LogP contribution in [-0.2, 0) is 14.3 Å². The fraction of sp³-hybridized carbons (Fsp3) is 0.867. The molecule has 0 aromatic rings. The highest BCUT2D eigenvalue weighted by Crippen LogP contribution is 2.37. The highest BCUT2D eigenvalue weighted by molar-refractivity contribution is 5.81. The Morgan fingerprint density at radius 3 is 2.40 bits per heavy atom. The van der Waals surface area contributed by atoms with Gasteiger partial charge in [0.15, 0.2) is 0 Å². The van der Waals surface area contributed by atoms with Crippen LogP contribution < -0.4 is 0 Å². The molecule has 1 saturated carbocycles. The summed E-state index contributed by atoms with van der Waals surface area (Å²) in [5, 5.41) is 0. The number of rotatable bonds is 1. The highest BCUT2D eigenvalue weighted by Gasteiger charge is 2.42. The van der Waals surface area contributed by atoms with Gasteiger partial charge in [0, 0.05) is 44.4 Å². The van der Waals surface area contributed by atoms with E-state index < -0.39 is 0 Å². The summed E-state index contributed by atoms with van der Waals surface area (Å²) < 4.78 is 5.73. The maximum atomic E-state index is 12.1. The zero-order chi connectivity index (χ0) is 14.2. The third kappa shape index (κ3) is 2.82. The minimum atomic E-state index is 0.0580. The molecule has 1 aliphatic carbocycles. The summed E-state index contributed by atoms with van der Waals surface area (Å²) >= 11 is 0. The van der Waals surface area contributed by atoms with E-state index in [4.69, 9.17) is 4.74 Å². The Hall–Kier alpha value is -1.10. The van der Waals surface area contributed by atoms with E-state index in [2.05, 4.69) is 0 Å². The van der Waals surface area contributed by atoms with E-state index in [9.17, 15) is 9.59 Å². The number of hydrogen-bond acceptors (Lipinski definition) is 3. The number of carbonyl (C=O) groups excluding carboxylic acids is 2. The zero-order valence-electron chi connectivity index (χ0n) is 12.3. The van der Waals surface area contributed by atoms with Crippen LogP contribution in [0.2, 0.25) is 0 Å². The van der Waals surface area contributed by atoms with Crippen LogP contribution in [0.3, 0.4) is 0 Å². The van der Waals surface area contributed by atoms with Crippen LogP contribution in [0, 0.1) is 11.3 Å². The molecule has 112 valence electrons. The largest absolute Gasteiger partial charge is 0.379 e. The molecule has 5 heteroatoms. The molecule has 0 N–H and O–H groups in total. The molecule has 0 aromatic heterocycles. The SMILES string of the molecule is CC(=O)N1CCOCC2(CCN(C(=O)C3CC3)CC2)C1. The number of likely N-dealkylation sites (tertiary alicyclic amines) is 1. The van der Waals surface area contributed by atoms with Crippen molar-refractivity contribution in [2.45, 2.75) is 32.6 Å². The van der Waals surface area contributed by atoms with E-state index in [1.54, 1.807) is 6.92 Å². The molecule has 0 bridgehead atoms. The van der Waals surface area contributed by atoms with Crippen molar-refractivity contribution in [3.63, 3.8) is 0 Å². The lowest BCUT2D eigenvalue weighted by atomic mass is 9.78. The third-order valence-corrected chi connectivity index (χ3v) is 4.95. The van der Waals surface area contributed by atoms with Gasteiger partial charge in [-0.2, -0.15) is 0 Å². The number of carbonyl (C=O) groups is 2. The number of ether oxygens (including phenoxy) is 1. The second-order valence-corrected chi connectivity index (χ2v) is 6.59. The van der Waals surface area contributed by atoms with Gasteiger partial charge in [0.25, 0.3) is 0 Å². The van der Waals surface area contributed by atoms with Crippen LogP contribution >= 0.6 is 0 Å². The summed E-state index contributed by atoms with van der Waals surface area (Å²) in [7, 11) is 0. The van der Waals surface area contributed by atoms with Gasteiger partial charge >= 0.3 is 0 Å². The molecule has 3 aliphatic rings. The molecule has 20 heavy (non-hydrogen) atoms. The summed E-state index contributed by atoms with van der Waals surface area (Å²) in [6.45, 7) is 6.11. The van der Waals surface area contributed by atoms with Crippen LogP contribution in [-0.4, -0.2) is 61.0 Å². The molecule has 2 amide bonds. The maximum Gasteiger partial charge on any atom is 0.225 e. The van der Waals surface area contributed by atoms with Crippen LogP contribution in [0.5, 0.6) is 0 Å². The smallest absolute Gasteiger partial charge is 0.225 e. The van der Waals surface area contributed by atoms with E-state index in [-0.39, 0.29) is 11.3 Å². The van der Waals surface area contributed by atoms with Gasteiger partial charge in [-0.1, -0.05) is 0 Å². The zero-order valence-corrected chi connectivity index (χ0v) is 12.3. The average Bonchev–Trinajstić information content (AvgIpc) is 3.26. The van der Waals surface area contributed by atoms with Crippen molar-refractivity contribution in [3.8, 4) is 0 Å². The summed E-state index contributed by atoms with van der Waals surface area (Å²) in [5.41, 5.74) is 0.0580. The Morgan fingerprint density at radius 1 is 1.10 bits per heavy atom. The number of hydrogen-bond donors (Lipinski definition) is 0. The molecular weight excluding hydrogens is 256 g/mol. The predicted molar refractivity (Wildman–Crippen MR) is 74.0 cm³/mol. The minimum absolute atomic E-state index is 0.0580. The molecule has 2 saturated heterocycles. The van der Waals surface area contributed by atoms with Crippen LogP contribution in [0.15, 0.2) is 0 Å². The van der Waals surface area contributed by atoms with Crippen molar-refractivity contribution in [2.75, 3.05) is 39.4 Å². The van der Waals surface area contributed by atoms with E-state index in [1.807, 2.05) is 9.80 Å². The van der Waals surface area contributed by atoms with Crippen molar-refractivity contribution in [2.24, 2.45) is 11.3 Å². The summed E-state index contributed by atoms with van der Waals surface area (Å²) in [6.07, 6.45) is 4.05. The number of piperidine rings is 1. The van der Waals surface area contributed by atoms with Gasteiger partial charge in [-0.25, -0.2) is 0 Å². The minimum Gasteiger partial charge on any atom is -0.379 e. The van der Waals surface area contributed by atoms with Crippen LogP contribution in [0.1, 0.15) is 32.6 Å². The quantitative estimate of drug-likeness (QED) is 0.716. The van der Waals surface area contributed by atoms with Gasteiger partial charge in [0.05, 0.1) is 13.2 Å². The Kier molecular flexibility index (Phi) is 3.71. The topological polar surface area (TPSA) is 49.9 Å². The van der Waals surface area contributed by atoms with Crippen molar-refractivity contribution in [3.05, 3.63) is 0 Å². The predicted octanol–water partition coefficient (Wildman–Crippen LogP) is 0.884. The highest BCUT2D eigenvalue weighted by atomic mass is 16.5. The standard InChI is InChI=1S/C15H24N2O3/c1-12(18)17-8-9-20-11-15(10-17)4-6-16(7-5-15)14(19)13-2-3-13/h13H,2-11H2,1H3. The Bertz CT molecular complexity index is 398. The van der Waals surface area contributed by atoms with E-state index >= 15 is 0 Å². The molecule has 3 rings (SSSR count). The van der Waals surface area contributed by atoms with Gasteiger partial charge in [-0.15, -0.1) is 0 Å². The molecule has 5 nitrogen and oxygen atoms in total. The molecule has 3 fully saturated rings. The lowest BCUT2D eigenvalue weighted by Crippen LogP contribution is -2.49. The normalized spacial score (nSPS) is 26.4. The number of nitrogens with zero attached hydrogens (tertiary/aromatic N) is 2. The molecule has 0 aromatic carbocycles. The lowest BCUT2D eigenvalue weighted by molar-refractivity contribution is -0.137. The molecule has 0 unspecified atom stereocenters. The summed E-state index contributed by atoms with van der Waals surface area (Å²) in [5.74, 6) is 0.785. The lowest BCUT2D eigenvalue weighted by Gasteiger charge is -2.42. The van der Waals surface area contributed by atoms with Crippen molar-refractivity contribution in [1.29, 1.82) is 0 Å². The molecule has 0 radical (unpaired) electrons. The number of amides is 2. The molecule has 2 heterocycles. The molecule has 2 aliphatic heterocycles. The van der Waals surface area contributed by atoms with Crippen molar-refractivity contribution >= 4 is 11.8 Å². The Morgan fingerprint density at radius 2 is 1.80 bits per heavy atom. The first-order chi connectivity index (χ1) is 9.60. The van der Waals surface area contributed by atoms with E-state index in [0.29, 0.717) is 25.0 Å². The van der Waals surface area contributed by atoms with Crippen molar-refractivity contribution < 1.29 is 14.3 Å². The third-order valence-electron chi connectivity index (χ3n) is 4.95. The van der Waals surface area contributed by atoms with Gasteiger partial charge in [0.2, 0.25) is 11.8 Å². The van der Waals surface area contributed by atoms with E-state index in [0.717, 1.165) is 51.9 Å². The fourth-order valence-electron chi connectivity index (χ4n) is 3.35. The Labute approximate surface area is 120 Å². The fourth-order valence-corrected chi connectivity index (χ4v) is 3.35. The van der Waals surface area contributed by atoms with Crippen molar-refractivity contribution in [1.82, 2.24) is 9.80 Å². The Balaban J connectivity index is 1.61. The average molecular weight is 280 g/mol. The van der Waals surface area contributed by atoms with Crippen LogP contribution in [0.4, 0.5) is 0 Å². The van der Waals surface area contributed by atoms with Gasteiger partial charge in [0.1, 0.15) is 0 Å². The molecule has 0 atom stereocenters. The first-order valence-electron chi connectivity index (χ1n) is 7.72.